The van der Waals surface area contributed by atoms with Crippen molar-refractivity contribution in [3.8, 4) is 11.5 Å². The summed E-state index contributed by atoms with van der Waals surface area (Å²) >= 11 is 0. The van der Waals surface area contributed by atoms with Gasteiger partial charge in [-0.1, -0.05) is 6.07 Å². The van der Waals surface area contributed by atoms with Crippen LogP contribution in [0.1, 0.15) is 5.56 Å². The topological polar surface area (TPSA) is 40.3 Å². The number of methoxy groups -OCH3 is 2. The number of aromatic nitrogens is 1. The van der Waals surface area contributed by atoms with E-state index in [2.05, 4.69) is 28.1 Å². The predicted octanol–water partition coefficient (Wildman–Crippen LogP) is 0.423. The van der Waals surface area contributed by atoms with Crippen molar-refractivity contribution in [2.24, 2.45) is 0 Å². The predicted molar refractivity (Wildman–Crippen MR) is 89.2 cm³/mol. The Morgan fingerprint density at radius 3 is 2.57 bits per heavy atom. The number of H-pyrrole nitrogens is 1. The molecule has 1 aliphatic rings. The van der Waals surface area contributed by atoms with E-state index in [0.717, 1.165) is 44.2 Å². The first kappa shape index (κ1) is 15.6. The van der Waals surface area contributed by atoms with Crippen molar-refractivity contribution < 1.29 is 19.4 Å². The molecule has 3 rings (SSSR count). The summed E-state index contributed by atoms with van der Waals surface area (Å²) in [5, 5.41) is 0. The minimum Gasteiger partial charge on any atom is -0.497 e. The fraction of sp³-hybridized carbons (Fsp3) is 0.389. The van der Waals surface area contributed by atoms with Crippen molar-refractivity contribution in [3.63, 3.8) is 0 Å². The molecule has 1 saturated heterocycles. The molecule has 0 radical (unpaired) electrons. The number of pyridine rings is 1. The zero-order valence-corrected chi connectivity index (χ0v) is 13.8. The molecule has 0 aliphatic carbocycles. The Hall–Kier alpha value is -2.27. The van der Waals surface area contributed by atoms with Crippen molar-refractivity contribution in [1.29, 1.82) is 0 Å². The van der Waals surface area contributed by atoms with Gasteiger partial charge >= 0.3 is 0 Å². The van der Waals surface area contributed by atoms with Crippen molar-refractivity contribution in [2.45, 2.75) is 6.54 Å². The highest BCUT2D eigenvalue weighted by Gasteiger charge is 2.26. The number of anilines is 1. The lowest BCUT2D eigenvalue weighted by Crippen LogP contribution is -3.13. The van der Waals surface area contributed by atoms with Gasteiger partial charge in [-0.2, -0.15) is 0 Å². The summed E-state index contributed by atoms with van der Waals surface area (Å²) < 4.78 is 10.8. The molecule has 23 heavy (non-hydrogen) atoms. The number of benzene rings is 1. The summed E-state index contributed by atoms with van der Waals surface area (Å²) in [5.41, 5.74) is 1.24. The third kappa shape index (κ3) is 3.74. The first-order chi connectivity index (χ1) is 11.3. The van der Waals surface area contributed by atoms with Gasteiger partial charge in [-0.15, -0.1) is 0 Å². The van der Waals surface area contributed by atoms with Crippen LogP contribution in [0, 0.1) is 0 Å². The molecule has 5 heteroatoms. The van der Waals surface area contributed by atoms with E-state index in [1.54, 1.807) is 19.1 Å². The fourth-order valence-corrected chi connectivity index (χ4v) is 3.09. The molecule has 5 nitrogen and oxygen atoms in total. The molecule has 2 heterocycles. The zero-order valence-electron chi connectivity index (χ0n) is 13.8. The van der Waals surface area contributed by atoms with Crippen molar-refractivity contribution in [1.82, 2.24) is 0 Å². The summed E-state index contributed by atoms with van der Waals surface area (Å²) in [4.78, 5) is 7.31. The van der Waals surface area contributed by atoms with Crippen LogP contribution in [0.4, 0.5) is 5.82 Å². The van der Waals surface area contributed by atoms with Gasteiger partial charge < -0.3 is 14.4 Å². The average molecular weight is 315 g/mol. The molecule has 122 valence electrons. The van der Waals surface area contributed by atoms with Gasteiger partial charge in [0.1, 0.15) is 44.2 Å². The Balaban J connectivity index is 1.61. The standard InChI is InChI=1S/C18H23N3O2/c1-22-16-7-6-15(17(13-16)23-2)14-20-9-11-21(12-10-20)18-5-3-4-8-19-18/h3-8,13H,9-12,14H2,1-2H3/p+2. The normalized spacial score (nSPS) is 15.5. The lowest BCUT2D eigenvalue weighted by Gasteiger charge is -2.28. The number of rotatable bonds is 5. The molecule has 2 N–H and O–H groups in total. The lowest BCUT2D eigenvalue weighted by atomic mass is 10.1. The van der Waals surface area contributed by atoms with Gasteiger partial charge in [-0.05, 0) is 18.2 Å². The maximum absolute atomic E-state index is 5.51. The molecule has 2 aromatic rings. The number of nitrogens with one attached hydrogen (secondary N) is 2. The average Bonchev–Trinajstić information content (AvgIpc) is 2.63. The van der Waals surface area contributed by atoms with Crippen LogP contribution in [0.5, 0.6) is 11.5 Å². The van der Waals surface area contributed by atoms with Gasteiger partial charge in [0.2, 0.25) is 0 Å². The molecule has 1 aromatic heterocycles. The number of hydrogen-bond acceptors (Lipinski definition) is 3. The molecule has 0 saturated carbocycles. The van der Waals surface area contributed by atoms with Gasteiger partial charge in [-0.3, -0.25) is 4.90 Å². The van der Waals surface area contributed by atoms with Crippen molar-refractivity contribution >= 4 is 5.82 Å². The van der Waals surface area contributed by atoms with E-state index in [9.17, 15) is 0 Å². The summed E-state index contributed by atoms with van der Waals surface area (Å²) in [6, 6.07) is 12.3. The van der Waals surface area contributed by atoms with Gasteiger partial charge in [0.05, 0.1) is 20.4 Å². The molecular weight excluding hydrogens is 290 g/mol. The Labute approximate surface area is 137 Å². The van der Waals surface area contributed by atoms with Crippen LogP contribution in [-0.2, 0) is 6.54 Å². The van der Waals surface area contributed by atoms with Crippen molar-refractivity contribution in [2.75, 3.05) is 45.3 Å². The van der Waals surface area contributed by atoms with E-state index >= 15 is 0 Å². The third-order valence-corrected chi connectivity index (χ3v) is 4.44. The second-order valence-electron chi connectivity index (χ2n) is 5.84. The number of ether oxygens (including phenoxy) is 2. The summed E-state index contributed by atoms with van der Waals surface area (Å²) in [6.07, 6.45) is 1.98. The lowest BCUT2D eigenvalue weighted by molar-refractivity contribution is -0.914. The van der Waals surface area contributed by atoms with E-state index in [1.807, 2.05) is 24.4 Å². The molecule has 0 atom stereocenters. The highest BCUT2D eigenvalue weighted by Crippen LogP contribution is 2.23. The maximum atomic E-state index is 5.51. The summed E-state index contributed by atoms with van der Waals surface area (Å²) in [6.45, 7) is 5.36. The molecule has 1 aliphatic heterocycles. The molecule has 0 spiro atoms. The Morgan fingerprint density at radius 1 is 1.09 bits per heavy atom. The fourth-order valence-electron chi connectivity index (χ4n) is 3.09. The number of piperazine rings is 1. The second-order valence-corrected chi connectivity index (χ2v) is 5.84. The van der Waals surface area contributed by atoms with E-state index in [4.69, 9.17) is 9.47 Å². The van der Waals surface area contributed by atoms with Gasteiger partial charge in [0.15, 0.2) is 0 Å². The van der Waals surface area contributed by atoms with Crippen LogP contribution in [0.3, 0.4) is 0 Å². The van der Waals surface area contributed by atoms with Crippen LogP contribution in [0.2, 0.25) is 0 Å². The third-order valence-electron chi connectivity index (χ3n) is 4.44. The largest absolute Gasteiger partial charge is 0.497 e. The Bertz CT molecular complexity index is 625. The zero-order chi connectivity index (χ0) is 16.1. The van der Waals surface area contributed by atoms with Crippen molar-refractivity contribution in [3.05, 3.63) is 48.2 Å². The van der Waals surface area contributed by atoms with E-state index in [0.29, 0.717) is 0 Å². The van der Waals surface area contributed by atoms with E-state index in [1.165, 1.54) is 11.4 Å². The van der Waals surface area contributed by atoms with Crippen LogP contribution in [0.25, 0.3) is 0 Å². The summed E-state index contributed by atoms with van der Waals surface area (Å²) in [7, 11) is 3.40. The SMILES string of the molecule is COc1ccc(C[NH+]2CCN(c3cccc[nH+]3)CC2)c(OC)c1. The molecule has 0 unspecified atom stereocenters. The van der Waals surface area contributed by atoms with Gasteiger partial charge in [0.25, 0.3) is 5.82 Å². The van der Waals surface area contributed by atoms with E-state index in [-0.39, 0.29) is 0 Å². The van der Waals surface area contributed by atoms with Crippen LogP contribution >= 0.6 is 0 Å². The molecular formula is C18H25N3O2+2. The first-order valence-electron chi connectivity index (χ1n) is 8.06. The highest BCUT2D eigenvalue weighted by molar-refractivity contribution is 5.40. The molecule has 1 fully saturated rings. The Morgan fingerprint density at radius 2 is 1.91 bits per heavy atom. The maximum Gasteiger partial charge on any atom is 0.274 e. The Kier molecular flexibility index (Phi) is 4.98. The number of aromatic amines is 1. The molecule has 1 aromatic carbocycles. The second kappa shape index (κ2) is 7.33. The van der Waals surface area contributed by atoms with Gasteiger partial charge in [-0.25, -0.2) is 4.98 Å². The van der Waals surface area contributed by atoms with Crippen LogP contribution in [0.15, 0.2) is 42.6 Å². The highest BCUT2D eigenvalue weighted by atomic mass is 16.5. The number of hydrogen-bond donors (Lipinski definition) is 1. The minimum atomic E-state index is 0.838. The van der Waals surface area contributed by atoms with Gasteiger partial charge in [0, 0.05) is 17.7 Å². The smallest absolute Gasteiger partial charge is 0.274 e. The summed E-state index contributed by atoms with van der Waals surface area (Å²) in [5.74, 6) is 2.95. The number of quaternary nitrogens is 1. The molecule has 0 amide bonds. The monoisotopic (exact) mass is 315 g/mol. The quantitative estimate of drug-likeness (QED) is 0.869. The number of nitrogens with zero attached hydrogens (tertiary/aromatic N) is 1. The first-order valence-corrected chi connectivity index (χ1v) is 8.06. The van der Waals surface area contributed by atoms with E-state index < -0.39 is 0 Å². The van der Waals surface area contributed by atoms with Crippen LogP contribution < -0.4 is 24.3 Å². The minimum absolute atomic E-state index is 0.838. The molecule has 0 bridgehead atoms. The van der Waals surface area contributed by atoms with Crippen LogP contribution in [-0.4, -0.2) is 40.4 Å².